The second kappa shape index (κ2) is 11.3. The van der Waals surface area contributed by atoms with Crippen LogP contribution < -0.4 is 9.47 Å². The minimum Gasteiger partial charge on any atom is -0.429 e. The van der Waals surface area contributed by atoms with E-state index in [0.29, 0.717) is 22.6 Å². The summed E-state index contributed by atoms with van der Waals surface area (Å²) in [4.78, 5) is 0. The molecule has 3 aromatic rings. The van der Waals surface area contributed by atoms with Crippen molar-refractivity contribution in [3.8, 4) is 22.6 Å². The molecule has 4 rings (SSSR count). The van der Waals surface area contributed by atoms with Gasteiger partial charge in [0.25, 0.3) is 0 Å². The molecule has 0 bridgehead atoms. The van der Waals surface area contributed by atoms with Crippen molar-refractivity contribution in [2.24, 2.45) is 5.92 Å². The summed E-state index contributed by atoms with van der Waals surface area (Å²) in [7, 11) is 0. The van der Waals surface area contributed by atoms with Crippen LogP contribution in [0.2, 0.25) is 0 Å². The van der Waals surface area contributed by atoms with Crippen molar-refractivity contribution in [3.63, 3.8) is 0 Å². The van der Waals surface area contributed by atoms with E-state index in [-0.39, 0.29) is 11.7 Å². The molecule has 3 aromatic carbocycles. The van der Waals surface area contributed by atoms with Gasteiger partial charge in [0.15, 0.2) is 0 Å². The van der Waals surface area contributed by atoms with Crippen molar-refractivity contribution in [2.75, 3.05) is 0 Å². The fraction of sp³-hybridized carbons (Fsp3) is 0.379. The summed E-state index contributed by atoms with van der Waals surface area (Å²) in [6, 6.07) is 12.1. The fourth-order valence-corrected chi connectivity index (χ4v) is 5.06. The maximum atomic E-state index is 14.9. The Bertz CT molecular complexity index is 1190. The van der Waals surface area contributed by atoms with Crippen molar-refractivity contribution in [1.82, 2.24) is 0 Å². The molecule has 204 valence electrons. The second-order valence-corrected chi connectivity index (χ2v) is 9.58. The van der Waals surface area contributed by atoms with E-state index in [1.807, 2.05) is 0 Å². The van der Waals surface area contributed by atoms with Crippen LogP contribution in [0.4, 0.5) is 30.7 Å². The number of alkyl halides is 5. The molecule has 1 aliphatic carbocycles. The van der Waals surface area contributed by atoms with Crippen LogP contribution in [0.1, 0.15) is 62.5 Å². The van der Waals surface area contributed by atoms with Crippen LogP contribution in [0.3, 0.4) is 0 Å². The lowest BCUT2D eigenvalue weighted by molar-refractivity contribution is -0.274. The predicted molar refractivity (Wildman–Crippen MR) is 129 cm³/mol. The summed E-state index contributed by atoms with van der Waals surface area (Å²) >= 11 is 0. The van der Waals surface area contributed by atoms with Crippen LogP contribution >= 0.6 is 0 Å². The third-order valence-electron chi connectivity index (χ3n) is 6.89. The molecule has 38 heavy (non-hydrogen) atoms. The lowest BCUT2D eigenvalue weighted by Gasteiger charge is -2.29. The molecule has 1 aliphatic rings. The molecule has 0 amide bonds. The van der Waals surface area contributed by atoms with Gasteiger partial charge in [-0.15, -0.1) is 13.2 Å². The zero-order chi connectivity index (χ0) is 27.5. The molecule has 0 atom stereocenters. The van der Waals surface area contributed by atoms with Crippen LogP contribution in [0, 0.1) is 17.6 Å². The normalized spacial score (nSPS) is 18.3. The topological polar surface area (TPSA) is 18.5 Å². The zero-order valence-corrected chi connectivity index (χ0v) is 20.6. The Morgan fingerprint density at radius 2 is 1.18 bits per heavy atom. The Balaban J connectivity index is 1.45. The number of rotatable bonds is 8. The summed E-state index contributed by atoms with van der Waals surface area (Å²) in [6.45, 7) is 2.12. The third-order valence-corrected chi connectivity index (χ3v) is 6.89. The molecule has 0 N–H and O–H groups in total. The Kier molecular flexibility index (Phi) is 8.23. The molecule has 1 fully saturated rings. The first-order chi connectivity index (χ1) is 17.9. The molecule has 1 saturated carbocycles. The molecule has 2 nitrogen and oxygen atoms in total. The van der Waals surface area contributed by atoms with Gasteiger partial charge in [0.2, 0.25) is 0 Å². The predicted octanol–water partition coefficient (Wildman–Crippen LogP) is 9.73. The van der Waals surface area contributed by atoms with Crippen molar-refractivity contribution >= 4 is 0 Å². The molecular formula is C29H27F7O2. The van der Waals surface area contributed by atoms with E-state index in [2.05, 4.69) is 16.4 Å². The number of halogens is 7. The molecule has 0 unspecified atom stereocenters. The molecule has 0 heterocycles. The highest BCUT2D eigenvalue weighted by molar-refractivity contribution is 5.64. The lowest BCUT2D eigenvalue weighted by Crippen LogP contribution is -2.25. The second-order valence-electron chi connectivity index (χ2n) is 9.58. The molecule has 0 saturated heterocycles. The molecule has 0 aromatic heterocycles. The van der Waals surface area contributed by atoms with Gasteiger partial charge in [-0.3, -0.25) is 0 Å². The number of ether oxygens (including phenoxy) is 2. The fourth-order valence-electron chi connectivity index (χ4n) is 5.06. The first-order valence-electron chi connectivity index (χ1n) is 12.5. The highest BCUT2D eigenvalue weighted by atomic mass is 19.4. The minimum absolute atomic E-state index is 0.0719. The minimum atomic E-state index is -4.82. The molecule has 0 aliphatic heterocycles. The zero-order valence-electron chi connectivity index (χ0n) is 20.6. The van der Waals surface area contributed by atoms with Crippen LogP contribution in [0.5, 0.6) is 11.5 Å². The lowest BCUT2D eigenvalue weighted by atomic mass is 9.77. The number of benzene rings is 3. The largest absolute Gasteiger partial charge is 0.573 e. The van der Waals surface area contributed by atoms with Gasteiger partial charge in [-0.1, -0.05) is 44.0 Å². The van der Waals surface area contributed by atoms with E-state index in [9.17, 15) is 30.7 Å². The van der Waals surface area contributed by atoms with E-state index >= 15 is 0 Å². The summed E-state index contributed by atoms with van der Waals surface area (Å²) in [5.74, 6) is -2.95. The van der Waals surface area contributed by atoms with E-state index in [4.69, 9.17) is 0 Å². The molecule has 0 radical (unpaired) electrons. The van der Waals surface area contributed by atoms with Crippen LogP contribution in [-0.4, -0.2) is 6.36 Å². The van der Waals surface area contributed by atoms with E-state index in [0.717, 1.165) is 62.8 Å². The monoisotopic (exact) mass is 540 g/mol. The van der Waals surface area contributed by atoms with Crippen molar-refractivity contribution in [3.05, 3.63) is 83.4 Å². The van der Waals surface area contributed by atoms with Gasteiger partial charge in [-0.25, -0.2) is 8.78 Å². The van der Waals surface area contributed by atoms with E-state index in [1.54, 1.807) is 0 Å². The van der Waals surface area contributed by atoms with E-state index in [1.165, 1.54) is 36.4 Å². The van der Waals surface area contributed by atoms with Crippen LogP contribution in [-0.2, 0) is 6.11 Å². The third kappa shape index (κ3) is 6.79. The first-order valence-corrected chi connectivity index (χ1v) is 12.5. The number of hydrogen-bond acceptors (Lipinski definition) is 2. The average molecular weight is 541 g/mol. The summed E-state index contributed by atoms with van der Waals surface area (Å²) in [6.07, 6.45) is -3.47. The van der Waals surface area contributed by atoms with Gasteiger partial charge < -0.3 is 9.47 Å². The quantitative estimate of drug-likeness (QED) is 0.265. The summed E-state index contributed by atoms with van der Waals surface area (Å²) in [5, 5.41) is 0. The summed E-state index contributed by atoms with van der Waals surface area (Å²) < 4.78 is 105. The van der Waals surface area contributed by atoms with Crippen molar-refractivity contribution in [2.45, 2.75) is 63.8 Å². The molecule has 9 heteroatoms. The maximum absolute atomic E-state index is 14.9. The van der Waals surface area contributed by atoms with E-state index < -0.39 is 35.4 Å². The molecular weight excluding hydrogens is 513 g/mol. The summed E-state index contributed by atoms with van der Waals surface area (Å²) in [5.41, 5.74) is -0.0837. The first kappa shape index (κ1) is 27.8. The van der Waals surface area contributed by atoms with Gasteiger partial charge in [0, 0.05) is 0 Å². The Morgan fingerprint density at radius 3 is 1.63 bits per heavy atom. The van der Waals surface area contributed by atoms with Gasteiger partial charge in [-0.2, -0.15) is 8.78 Å². The maximum Gasteiger partial charge on any atom is 0.573 e. The highest BCUT2D eigenvalue weighted by Gasteiger charge is 2.41. The Hall–Kier alpha value is -3.23. The standard InChI is InChI=1S/C29H27F7O2/c1-2-3-18-4-6-21(7-5-18)22-16-25(30)27(26(31)17-22)28(32,33)37-23-12-8-19(9-13-23)20-10-14-24(15-11-20)38-29(34,35)36/h8-18,21H,2-7H2,1H3. The SMILES string of the molecule is CCCC1CCC(c2cc(F)c(C(F)(F)Oc3ccc(-c4ccc(OC(F)(F)F)cc4)cc3)c(F)c2)CC1. The van der Waals surface area contributed by atoms with Crippen LogP contribution in [0.25, 0.3) is 11.1 Å². The van der Waals surface area contributed by atoms with Crippen LogP contribution in [0.15, 0.2) is 60.7 Å². The van der Waals surface area contributed by atoms with Gasteiger partial charge in [0.1, 0.15) is 28.7 Å². The van der Waals surface area contributed by atoms with Crippen molar-refractivity contribution in [1.29, 1.82) is 0 Å². The Labute approximate surface area is 216 Å². The van der Waals surface area contributed by atoms with Gasteiger partial charge >= 0.3 is 12.5 Å². The number of hydrogen-bond donors (Lipinski definition) is 0. The van der Waals surface area contributed by atoms with Gasteiger partial charge in [0.05, 0.1) is 0 Å². The highest BCUT2D eigenvalue weighted by Crippen LogP contribution is 2.41. The smallest absolute Gasteiger partial charge is 0.429 e. The van der Waals surface area contributed by atoms with Crippen molar-refractivity contribution < 1.29 is 40.2 Å². The Morgan fingerprint density at radius 1 is 0.711 bits per heavy atom. The average Bonchev–Trinajstić information content (AvgIpc) is 2.84. The molecule has 0 spiro atoms. The van der Waals surface area contributed by atoms with Gasteiger partial charge in [-0.05, 0) is 90.6 Å².